The Bertz CT molecular complexity index is 782. The van der Waals surface area contributed by atoms with E-state index in [1.807, 2.05) is 54.6 Å². The number of methoxy groups -OCH3 is 1. The summed E-state index contributed by atoms with van der Waals surface area (Å²) in [6, 6.07) is 22.0. The molecule has 0 radical (unpaired) electrons. The van der Waals surface area contributed by atoms with Crippen LogP contribution in [0.15, 0.2) is 72.8 Å². The van der Waals surface area contributed by atoms with Crippen LogP contribution in [0.5, 0.6) is 11.5 Å². The molecule has 0 bridgehead atoms. The Morgan fingerprint density at radius 2 is 1.43 bits per heavy atom. The molecule has 0 heterocycles. The molecule has 0 unspecified atom stereocenters. The van der Waals surface area contributed by atoms with E-state index in [2.05, 4.69) is 0 Å². The zero-order chi connectivity index (χ0) is 16.1. The molecule has 0 aliphatic heterocycles. The van der Waals surface area contributed by atoms with Crippen molar-refractivity contribution in [2.45, 2.75) is 6.61 Å². The Morgan fingerprint density at radius 3 is 2.13 bits per heavy atom. The van der Waals surface area contributed by atoms with Crippen molar-refractivity contribution in [3.8, 4) is 22.6 Å². The highest BCUT2D eigenvalue weighted by molar-refractivity contribution is 5.64. The standard InChI is InChI=1S/C20H17FO2/c1-22-19-8-10-20(11-9-19)23-14-15-4-2-5-16(12-15)17-6-3-7-18(21)13-17/h2-13H,14H2,1H3. The molecule has 0 fully saturated rings. The van der Waals surface area contributed by atoms with Gasteiger partial charge in [-0.15, -0.1) is 0 Å². The van der Waals surface area contributed by atoms with Crippen molar-refractivity contribution >= 4 is 0 Å². The lowest BCUT2D eigenvalue weighted by molar-refractivity contribution is 0.305. The first-order valence-electron chi connectivity index (χ1n) is 7.36. The van der Waals surface area contributed by atoms with E-state index in [0.717, 1.165) is 28.2 Å². The van der Waals surface area contributed by atoms with E-state index in [-0.39, 0.29) is 5.82 Å². The summed E-state index contributed by atoms with van der Waals surface area (Å²) < 4.78 is 24.2. The van der Waals surface area contributed by atoms with Crippen LogP contribution >= 0.6 is 0 Å². The second kappa shape index (κ2) is 6.97. The summed E-state index contributed by atoms with van der Waals surface area (Å²) in [5.74, 6) is 1.34. The van der Waals surface area contributed by atoms with Crippen molar-refractivity contribution in [2.24, 2.45) is 0 Å². The molecule has 0 aliphatic rings. The lowest BCUT2D eigenvalue weighted by Gasteiger charge is -2.09. The number of benzene rings is 3. The summed E-state index contributed by atoms with van der Waals surface area (Å²) in [6.45, 7) is 0.454. The first kappa shape index (κ1) is 15.1. The maximum Gasteiger partial charge on any atom is 0.123 e. The third-order valence-corrected chi connectivity index (χ3v) is 3.55. The SMILES string of the molecule is COc1ccc(OCc2cccc(-c3cccc(F)c3)c2)cc1. The van der Waals surface area contributed by atoms with Crippen LogP contribution in [0.4, 0.5) is 4.39 Å². The van der Waals surface area contributed by atoms with Gasteiger partial charge in [-0.25, -0.2) is 4.39 Å². The van der Waals surface area contributed by atoms with Gasteiger partial charge in [-0.1, -0.05) is 30.3 Å². The van der Waals surface area contributed by atoms with Crippen molar-refractivity contribution < 1.29 is 13.9 Å². The van der Waals surface area contributed by atoms with Crippen LogP contribution in [0.1, 0.15) is 5.56 Å². The molecular formula is C20H17FO2. The molecule has 23 heavy (non-hydrogen) atoms. The Kier molecular flexibility index (Phi) is 4.57. The van der Waals surface area contributed by atoms with Crippen molar-refractivity contribution in [1.29, 1.82) is 0 Å². The van der Waals surface area contributed by atoms with E-state index >= 15 is 0 Å². The molecule has 3 heteroatoms. The van der Waals surface area contributed by atoms with E-state index in [4.69, 9.17) is 9.47 Å². The molecule has 0 N–H and O–H groups in total. The summed E-state index contributed by atoms with van der Waals surface area (Å²) in [7, 11) is 1.63. The summed E-state index contributed by atoms with van der Waals surface area (Å²) >= 11 is 0. The first-order chi connectivity index (χ1) is 11.2. The maximum atomic E-state index is 13.3. The average Bonchev–Trinajstić information content (AvgIpc) is 2.61. The van der Waals surface area contributed by atoms with Crippen molar-refractivity contribution in [3.63, 3.8) is 0 Å². The predicted octanol–water partition coefficient (Wildman–Crippen LogP) is 5.08. The van der Waals surface area contributed by atoms with E-state index in [1.165, 1.54) is 12.1 Å². The molecule has 2 nitrogen and oxygen atoms in total. The van der Waals surface area contributed by atoms with Gasteiger partial charge in [-0.05, 0) is 59.2 Å². The van der Waals surface area contributed by atoms with E-state index in [0.29, 0.717) is 6.61 Å². The van der Waals surface area contributed by atoms with Crippen LogP contribution in [0.3, 0.4) is 0 Å². The van der Waals surface area contributed by atoms with E-state index < -0.39 is 0 Å². The molecule has 116 valence electrons. The van der Waals surface area contributed by atoms with Crippen LogP contribution in [0.2, 0.25) is 0 Å². The van der Waals surface area contributed by atoms with Crippen LogP contribution < -0.4 is 9.47 Å². The maximum absolute atomic E-state index is 13.3. The fourth-order valence-corrected chi connectivity index (χ4v) is 2.35. The highest BCUT2D eigenvalue weighted by Gasteiger charge is 2.02. The first-order valence-corrected chi connectivity index (χ1v) is 7.36. The third kappa shape index (κ3) is 3.89. The molecule has 3 aromatic rings. The highest BCUT2D eigenvalue weighted by atomic mass is 19.1. The Labute approximate surface area is 135 Å². The van der Waals surface area contributed by atoms with E-state index in [9.17, 15) is 4.39 Å². The van der Waals surface area contributed by atoms with Gasteiger partial charge in [0.05, 0.1) is 7.11 Å². The van der Waals surface area contributed by atoms with Gasteiger partial charge >= 0.3 is 0 Å². The van der Waals surface area contributed by atoms with Gasteiger partial charge in [0.15, 0.2) is 0 Å². The van der Waals surface area contributed by atoms with E-state index in [1.54, 1.807) is 13.2 Å². The molecular weight excluding hydrogens is 291 g/mol. The van der Waals surface area contributed by atoms with Crippen LogP contribution in [-0.2, 0) is 6.61 Å². The average molecular weight is 308 g/mol. The lowest BCUT2D eigenvalue weighted by Crippen LogP contribution is -1.95. The summed E-state index contributed by atoms with van der Waals surface area (Å²) in [6.07, 6.45) is 0. The number of ether oxygens (including phenoxy) is 2. The molecule has 3 rings (SSSR count). The van der Waals surface area contributed by atoms with Gasteiger partial charge < -0.3 is 9.47 Å². The Balaban J connectivity index is 1.72. The smallest absolute Gasteiger partial charge is 0.123 e. The number of rotatable bonds is 5. The van der Waals surface area contributed by atoms with Crippen LogP contribution in [0, 0.1) is 5.82 Å². The molecule has 0 saturated carbocycles. The van der Waals surface area contributed by atoms with Gasteiger partial charge in [-0.3, -0.25) is 0 Å². The van der Waals surface area contributed by atoms with Crippen molar-refractivity contribution in [1.82, 2.24) is 0 Å². The van der Waals surface area contributed by atoms with Crippen LogP contribution in [-0.4, -0.2) is 7.11 Å². The van der Waals surface area contributed by atoms with Crippen molar-refractivity contribution in [2.75, 3.05) is 7.11 Å². The summed E-state index contributed by atoms with van der Waals surface area (Å²) in [5.41, 5.74) is 2.86. The Hall–Kier alpha value is -2.81. The minimum absolute atomic E-state index is 0.234. The van der Waals surface area contributed by atoms with Gasteiger partial charge in [0.1, 0.15) is 23.9 Å². The van der Waals surface area contributed by atoms with Gasteiger partial charge in [0, 0.05) is 0 Å². The normalized spacial score (nSPS) is 10.3. The quantitative estimate of drug-likeness (QED) is 0.654. The monoisotopic (exact) mass is 308 g/mol. The molecule has 0 aromatic heterocycles. The lowest BCUT2D eigenvalue weighted by atomic mass is 10.0. The molecule has 0 spiro atoms. The zero-order valence-electron chi connectivity index (χ0n) is 12.8. The largest absolute Gasteiger partial charge is 0.497 e. The topological polar surface area (TPSA) is 18.5 Å². The fourth-order valence-electron chi connectivity index (χ4n) is 2.35. The minimum Gasteiger partial charge on any atom is -0.497 e. The fraction of sp³-hybridized carbons (Fsp3) is 0.100. The number of hydrogen-bond donors (Lipinski definition) is 0. The van der Waals surface area contributed by atoms with Gasteiger partial charge in [-0.2, -0.15) is 0 Å². The second-order valence-corrected chi connectivity index (χ2v) is 5.17. The molecule has 0 amide bonds. The van der Waals surface area contributed by atoms with Gasteiger partial charge in [0.25, 0.3) is 0 Å². The minimum atomic E-state index is -0.234. The molecule has 0 aliphatic carbocycles. The highest BCUT2D eigenvalue weighted by Crippen LogP contribution is 2.23. The Morgan fingerprint density at radius 1 is 0.783 bits per heavy atom. The zero-order valence-corrected chi connectivity index (χ0v) is 12.8. The molecule has 3 aromatic carbocycles. The summed E-state index contributed by atoms with van der Waals surface area (Å²) in [4.78, 5) is 0. The number of hydrogen-bond acceptors (Lipinski definition) is 2. The number of halogens is 1. The second-order valence-electron chi connectivity index (χ2n) is 5.17. The van der Waals surface area contributed by atoms with Crippen molar-refractivity contribution in [3.05, 3.63) is 84.2 Å². The molecule has 0 saturated heterocycles. The summed E-state index contributed by atoms with van der Waals surface area (Å²) in [5, 5.41) is 0. The third-order valence-electron chi connectivity index (χ3n) is 3.55. The molecule has 0 atom stereocenters. The van der Waals surface area contributed by atoms with Crippen LogP contribution in [0.25, 0.3) is 11.1 Å². The predicted molar refractivity (Wildman–Crippen MR) is 89.2 cm³/mol. The van der Waals surface area contributed by atoms with Gasteiger partial charge in [0.2, 0.25) is 0 Å².